The van der Waals surface area contributed by atoms with E-state index in [1.807, 2.05) is 36.5 Å². The molecule has 3 aromatic heterocycles. The van der Waals surface area contributed by atoms with Crippen LogP contribution in [0.2, 0.25) is 0 Å². The van der Waals surface area contributed by atoms with Crippen LogP contribution in [0.25, 0.3) is 11.3 Å². The lowest BCUT2D eigenvalue weighted by Crippen LogP contribution is -2.14. The van der Waals surface area contributed by atoms with Gasteiger partial charge in [0.1, 0.15) is 5.82 Å². The van der Waals surface area contributed by atoms with Crippen LogP contribution >= 0.6 is 0 Å². The van der Waals surface area contributed by atoms with Gasteiger partial charge in [0.15, 0.2) is 5.65 Å². The average molecular weight is 373 g/mol. The molecule has 138 valence electrons. The van der Waals surface area contributed by atoms with E-state index >= 15 is 0 Å². The topological polar surface area (TPSA) is 72.9 Å². The van der Waals surface area contributed by atoms with E-state index in [4.69, 9.17) is 0 Å². The molecule has 0 atom stereocenters. The zero-order valence-corrected chi connectivity index (χ0v) is 13.9. The monoisotopic (exact) mass is 373 g/mol. The smallest absolute Gasteiger partial charge is 0.368 e. The zero-order valence-electron chi connectivity index (χ0n) is 13.9. The third-order valence-electron chi connectivity index (χ3n) is 3.94. The summed E-state index contributed by atoms with van der Waals surface area (Å²) >= 11 is 0. The van der Waals surface area contributed by atoms with Crippen molar-refractivity contribution in [3.63, 3.8) is 0 Å². The molecular weight excluding hydrogens is 359 g/mol. The number of hydrogen-bond donors (Lipinski definition) is 1. The molecule has 1 aromatic carbocycles. The van der Waals surface area contributed by atoms with Crippen LogP contribution in [0.1, 0.15) is 11.4 Å². The van der Waals surface area contributed by atoms with Crippen LogP contribution in [0.5, 0.6) is 0 Å². The highest BCUT2D eigenvalue weighted by Gasteiger charge is 2.37. The van der Waals surface area contributed by atoms with Crippen molar-refractivity contribution in [1.29, 1.82) is 0 Å². The standard InChI is InChI=1S/C17H14F3N7/c18-17(19,20)16-24-23-15-7-6-14(25-27(15)16)21-10-8-12-2-4-13(5-3-12)26-11-1-9-22-26/h1-7,9,11H,8,10H2,(H,21,25). The summed E-state index contributed by atoms with van der Waals surface area (Å²) < 4.78 is 41.2. The number of aromatic nitrogens is 6. The van der Waals surface area contributed by atoms with E-state index < -0.39 is 12.0 Å². The lowest BCUT2D eigenvalue weighted by atomic mass is 10.1. The molecule has 0 saturated heterocycles. The number of fused-ring (bicyclic) bond motifs is 1. The Hall–Kier alpha value is -3.43. The van der Waals surface area contributed by atoms with Crippen molar-refractivity contribution < 1.29 is 13.2 Å². The molecule has 0 aliphatic heterocycles. The second-order valence-corrected chi connectivity index (χ2v) is 5.80. The predicted molar refractivity (Wildman–Crippen MR) is 91.5 cm³/mol. The highest BCUT2D eigenvalue weighted by Crippen LogP contribution is 2.27. The summed E-state index contributed by atoms with van der Waals surface area (Å²) in [5.41, 5.74) is 2.08. The van der Waals surface area contributed by atoms with E-state index in [1.165, 1.54) is 6.07 Å². The number of halogens is 3. The van der Waals surface area contributed by atoms with Crippen LogP contribution in [0.4, 0.5) is 19.0 Å². The van der Waals surface area contributed by atoms with Crippen molar-refractivity contribution in [1.82, 2.24) is 29.6 Å². The Morgan fingerprint density at radius 1 is 1.00 bits per heavy atom. The minimum atomic E-state index is -4.61. The third-order valence-corrected chi connectivity index (χ3v) is 3.94. The lowest BCUT2D eigenvalue weighted by Gasteiger charge is -2.08. The van der Waals surface area contributed by atoms with E-state index in [-0.39, 0.29) is 5.65 Å². The van der Waals surface area contributed by atoms with Crippen molar-refractivity contribution in [2.24, 2.45) is 0 Å². The molecule has 7 nitrogen and oxygen atoms in total. The molecule has 27 heavy (non-hydrogen) atoms. The third kappa shape index (κ3) is 3.59. The number of anilines is 1. The molecule has 10 heteroatoms. The summed E-state index contributed by atoms with van der Waals surface area (Å²) in [6.07, 6.45) is -0.352. The van der Waals surface area contributed by atoms with Crippen LogP contribution in [0.3, 0.4) is 0 Å². The molecule has 0 spiro atoms. The van der Waals surface area contributed by atoms with E-state index in [0.29, 0.717) is 23.3 Å². The van der Waals surface area contributed by atoms with E-state index in [9.17, 15) is 13.2 Å². The Labute approximate surface area is 151 Å². The SMILES string of the molecule is FC(F)(F)c1nnc2ccc(NCCc3ccc(-n4cccn4)cc3)nn12. The second kappa shape index (κ2) is 6.71. The number of hydrogen-bond acceptors (Lipinski definition) is 5. The van der Waals surface area contributed by atoms with Crippen LogP contribution in [-0.4, -0.2) is 36.1 Å². The first-order chi connectivity index (χ1) is 13.0. The van der Waals surface area contributed by atoms with Gasteiger partial charge in [-0.3, -0.25) is 0 Å². The van der Waals surface area contributed by atoms with Gasteiger partial charge in [-0.15, -0.1) is 15.3 Å². The molecule has 0 fully saturated rings. The molecule has 0 unspecified atom stereocenters. The lowest BCUT2D eigenvalue weighted by molar-refractivity contribution is -0.146. The Bertz CT molecular complexity index is 1040. The summed E-state index contributed by atoms with van der Waals surface area (Å²) in [4.78, 5) is 0. The molecule has 3 heterocycles. The van der Waals surface area contributed by atoms with Gasteiger partial charge < -0.3 is 5.32 Å². The Morgan fingerprint density at radius 2 is 1.81 bits per heavy atom. The summed E-state index contributed by atoms with van der Waals surface area (Å²) in [5.74, 6) is -0.823. The number of benzene rings is 1. The summed E-state index contributed by atoms with van der Waals surface area (Å²) in [6.45, 7) is 0.517. The van der Waals surface area contributed by atoms with Gasteiger partial charge in [-0.05, 0) is 42.3 Å². The fourth-order valence-corrected chi connectivity index (χ4v) is 2.63. The minimum absolute atomic E-state index is 0.0436. The Balaban J connectivity index is 1.41. The largest absolute Gasteiger partial charge is 0.453 e. The van der Waals surface area contributed by atoms with Gasteiger partial charge in [0, 0.05) is 18.9 Å². The van der Waals surface area contributed by atoms with Gasteiger partial charge in [-0.2, -0.15) is 22.8 Å². The maximum atomic E-state index is 12.9. The maximum absolute atomic E-state index is 12.9. The fourth-order valence-electron chi connectivity index (χ4n) is 2.63. The predicted octanol–water partition coefficient (Wildman–Crippen LogP) is 2.98. The molecule has 0 radical (unpaired) electrons. The summed E-state index contributed by atoms with van der Waals surface area (Å²) in [5, 5.41) is 17.8. The van der Waals surface area contributed by atoms with Crippen molar-refractivity contribution >= 4 is 11.5 Å². The quantitative estimate of drug-likeness (QED) is 0.582. The minimum Gasteiger partial charge on any atom is -0.368 e. The zero-order chi connectivity index (χ0) is 18.9. The summed E-state index contributed by atoms with van der Waals surface area (Å²) in [7, 11) is 0. The van der Waals surface area contributed by atoms with E-state index in [1.54, 1.807) is 16.9 Å². The van der Waals surface area contributed by atoms with Gasteiger partial charge >= 0.3 is 6.18 Å². The number of nitrogens with one attached hydrogen (secondary N) is 1. The highest BCUT2D eigenvalue weighted by molar-refractivity contribution is 5.44. The first-order valence-corrected chi connectivity index (χ1v) is 8.13. The normalized spacial score (nSPS) is 11.8. The van der Waals surface area contributed by atoms with Crippen LogP contribution < -0.4 is 5.32 Å². The van der Waals surface area contributed by atoms with Crippen molar-refractivity contribution in [2.75, 3.05) is 11.9 Å². The van der Waals surface area contributed by atoms with Gasteiger partial charge in [0.2, 0.25) is 0 Å². The second-order valence-electron chi connectivity index (χ2n) is 5.80. The van der Waals surface area contributed by atoms with Crippen molar-refractivity contribution in [2.45, 2.75) is 12.6 Å². The average Bonchev–Trinajstić information content (AvgIpc) is 3.31. The molecule has 0 aliphatic carbocycles. The Kier molecular flexibility index (Phi) is 4.22. The molecule has 0 aliphatic rings. The first-order valence-electron chi connectivity index (χ1n) is 8.13. The molecule has 0 saturated carbocycles. The van der Waals surface area contributed by atoms with E-state index in [0.717, 1.165) is 11.3 Å². The number of alkyl halides is 3. The summed E-state index contributed by atoms with van der Waals surface area (Å²) in [6, 6.07) is 12.7. The van der Waals surface area contributed by atoms with Crippen molar-refractivity contribution in [3.8, 4) is 5.69 Å². The molecule has 0 bridgehead atoms. The first kappa shape index (κ1) is 17.0. The number of rotatable bonds is 5. The van der Waals surface area contributed by atoms with Crippen LogP contribution in [0, 0.1) is 0 Å². The molecule has 4 aromatic rings. The van der Waals surface area contributed by atoms with Gasteiger partial charge in [-0.25, -0.2) is 4.68 Å². The molecule has 4 rings (SSSR count). The highest BCUT2D eigenvalue weighted by atomic mass is 19.4. The van der Waals surface area contributed by atoms with Gasteiger partial charge in [0.05, 0.1) is 5.69 Å². The van der Waals surface area contributed by atoms with Crippen molar-refractivity contribution in [3.05, 3.63) is 66.2 Å². The van der Waals surface area contributed by atoms with Crippen LogP contribution in [0.15, 0.2) is 54.9 Å². The Morgan fingerprint density at radius 3 is 2.52 bits per heavy atom. The van der Waals surface area contributed by atoms with Gasteiger partial charge in [0.25, 0.3) is 5.82 Å². The maximum Gasteiger partial charge on any atom is 0.453 e. The fraction of sp³-hybridized carbons (Fsp3) is 0.176. The van der Waals surface area contributed by atoms with E-state index in [2.05, 4.69) is 25.7 Å². The van der Waals surface area contributed by atoms with Gasteiger partial charge in [-0.1, -0.05) is 12.1 Å². The molecular formula is C17H14F3N7. The van der Waals surface area contributed by atoms with Crippen LogP contribution in [-0.2, 0) is 12.6 Å². The number of nitrogens with zero attached hydrogens (tertiary/aromatic N) is 6. The molecule has 1 N–H and O–H groups in total. The molecule has 0 amide bonds.